The highest BCUT2D eigenvalue weighted by molar-refractivity contribution is 14.1. The molecule has 0 aliphatic carbocycles. The highest BCUT2D eigenvalue weighted by Gasteiger charge is 2.16. The van der Waals surface area contributed by atoms with Crippen molar-refractivity contribution in [1.82, 2.24) is 0 Å². The summed E-state index contributed by atoms with van der Waals surface area (Å²) in [6, 6.07) is 3.96. The van der Waals surface area contributed by atoms with E-state index in [4.69, 9.17) is 0 Å². The predicted molar refractivity (Wildman–Crippen MR) is 80.8 cm³/mol. The van der Waals surface area contributed by atoms with Crippen LogP contribution in [-0.4, -0.2) is 5.11 Å². The molecular formula is C9H5Br2IOS2. The first-order valence-electron chi connectivity index (χ1n) is 3.94. The molecule has 1 atom stereocenters. The maximum atomic E-state index is 10.1. The van der Waals surface area contributed by atoms with Crippen molar-refractivity contribution in [3.8, 4) is 0 Å². The molecule has 2 rings (SSSR count). The van der Waals surface area contributed by atoms with E-state index < -0.39 is 6.10 Å². The average Bonchev–Trinajstić information content (AvgIpc) is 2.74. The normalized spacial score (nSPS) is 13.1. The molecule has 15 heavy (non-hydrogen) atoms. The van der Waals surface area contributed by atoms with Crippen molar-refractivity contribution in [2.24, 2.45) is 0 Å². The summed E-state index contributed by atoms with van der Waals surface area (Å²) in [5.41, 5.74) is 0.964. The van der Waals surface area contributed by atoms with Gasteiger partial charge in [-0.2, -0.15) is 0 Å². The van der Waals surface area contributed by atoms with E-state index in [2.05, 4.69) is 54.5 Å². The lowest BCUT2D eigenvalue weighted by molar-refractivity contribution is 0.224. The van der Waals surface area contributed by atoms with E-state index in [1.165, 1.54) is 2.88 Å². The number of aliphatic hydroxyl groups is 1. The highest BCUT2D eigenvalue weighted by atomic mass is 127. The van der Waals surface area contributed by atoms with Crippen LogP contribution in [0.5, 0.6) is 0 Å². The van der Waals surface area contributed by atoms with E-state index in [1.807, 2.05) is 17.5 Å². The molecule has 80 valence electrons. The van der Waals surface area contributed by atoms with Gasteiger partial charge in [0.05, 0.1) is 6.67 Å². The van der Waals surface area contributed by atoms with Crippen LogP contribution < -0.4 is 0 Å². The predicted octanol–water partition coefficient (Wildman–Crippen LogP) is 5.02. The second kappa shape index (κ2) is 5.14. The number of halogens is 3. The molecule has 2 aromatic rings. The standard InChI is InChI=1S/C9H5Br2IOS2/c10-5-2-6(15-9(5)11)8(13)4-1-7(12)14-3-4/h1-3,8,13H. The lowest BCUT2D eigenvalue weighted by Crippen LogP contribution is -1.93. The van der Waals surface area contributed by atoms with Crippen molar-refractivity contribution in [1.29, 1.82) is 0 Å². The number of hydrogen-bond donors (Lipinski definition) is 1. The van der Waals surface area contributed by atoms with E-state index >= 15 is 0 Å². The first-order valence-corrected chi connectivity index (χ1v) is 8.30. The van der Waals surface area contributed by atoms with Crippen molar-refractivity contribution in [2.75, 3.05) is 0 Å². The van der Waals surface area contributed by atoms with Crippen LogP contribution in [0.3, 0.4) is 0 Å². The van der Waals surface area contributed by atoms with Crippen LogP contribution in [0.2, 0.25) is 0 Å². The lowest BCUT2D eigenvalue weighted by atomic mass is 10.2. The summed E-state index contributed by atoms with van der Waals surface area (Å²) in [4.78, 5) is 0.947. The molecule has 0 amide bonds. The van der Waals surface area contributed by atoms with Crippen LogP contribution in [0.15, 0.2) is 25.8 Å². The fourth-order valence-corrected chi connectivity index (χ4v) is 4.62. The van der Waals surface area contributed by atoms with Crippen molar-refractivity contribution in [3.05, 3.63) is 39.1 Å². The molecule has 2 aromatic heterocycles. The van der Waals surface area contributed by atoms with E-state index in [1.54, 1.807) is 22.7 Å². The zero-order valence-electron chi connectivity index (χ0n) is 7.21. The molecular weight excluding hydrogens is 475 g/mol. The van der Waals surface area contributed by atoms with Gasteiger partial charge in [0, 0.05) is 9.35 Å². The summed E-state index contributed by atoms with van der Waals surface area (Å²) in [6.07, 6.45) is -0.516. The Morgan fingerprint density at radius 3 is 2.53 bits per heavy atom. The van der Waals surface area contributed by atoms with Gasteiger partial charge in [-0.1, -0.05) is 0 Å². The van der Waals surface area contributed by atoms with Gasteiger partial charge < -0.3 is 5.11 Å². The van der Waals surface area contributed by atoms with Crippen LogP contribution >= 0.6 is 77.1 Å². The SMILES string of the molecule is OC(c1csc(I)c1)c1cc(Br)c(Br)s1. The Morgan fingerprint density at radius 2 is 2.07 bits per heavy atom. The summed E-state index contributed by atoms with van der Waals surface area (Å²) < 4.78 is 3.20. The largest absolute Gasteiger partial charge is 0.383 e. The molecule has 0 saturated heterocycles. The van der Waals surface area contributed by atoms with Crippen molar-refractivity contribution in [2.45, 2.75) is 6.10 Å². The summed E-state index contributed by atoms with van der Waals surface area (Å²) in [6.45, 7) is 0. The Hall–Kier alpha value is 1.05. The third-order valence-electron chi connectivity index (χ3n) is 1.84. The zero-order chi connectivity index (χ0) is 11.0. The Bertz CT molecular complexity index is 461. The molecule has 0 aromatic carbocycles. The quantitative estimate of drug-likeness (QED) is 0.600. The van der Waals surface area contributed by atoms with E-state index in [0.717, 1.165) is 18.7 Å². The molecule has 0 spiro atoms. The summed E-state index contributed by atoms with van der Waals surface area (Å²) in [7, 11) is 0. The molecule has 2 heterocycles. The van der Waals surface area contributed by atoms with Gasteiger partial charge >= 0.3 is 0 Å². The zero-order valence-corrected chi connectivity index (χ0v) is 14.2. The molecule has 1 nitrogen and oxygen atoms in total. The van der Waals surface area contributed by atoms with Crippen molar-refractivity contribution >= 4 is 77.1 Å². The maximum Gasteiger partial charge on any atom is 0.114 e. The Labute approximate surface area is 126 Å². The van der Waals surface area contributed by atoms with Gasteiger partial charge in [-0.3, -0.25) is 0 Å². The van der Waals surface area contributed by atoms with E-state index in [0.29, 0.717) is 0 Å². The number of rotatable bonds is 2. The smallest absolute Gasteiger partial charge is 0.114 e. The molecule has 0 aliphatic heterocycles. The molecule has 1 N–H and O–H groups in total. The Morgan fingerprint density at radius 1 is 1.33 bits per heavy atom. The minimum absolute atomic E-state index is 0.516. The van der Waals surface area contributed by atoms with Gasteiger partial charge in [0.15, 0.2) is 0 Å². The van der Waals surface area contributed by atoms with Crippen LogP contribution in [0.4, 0.5) is 0 Å². The Kier molecular flexibility index (Phi) is 4.28. The fraction of sp³-hybridized carbons (Fsp3) is 0.111. The van der Waals surface area contributed by atoms with Gasteiger partial charge in [-0.15, -0.1) is 22.7 Å². The van der Waals surface area contributed by atoms with Gasteiger partial charge in [-0.05, 0) is 77.5 Å². The third-order valence-corrected chi connectivity index (χ3v) is 6.95. The van der Waals surface area contributed by atoms with E-state index in [-0.39, 0.29) is 0 Å². The van der Waals surface area contributed by atoms with Gasteiger partial charge in [0.25, 0.3) is 0 Å². The van der Waals surface area contributed by atoms with Gasteiger partial charge in [0.1, 0.15) is 6.10 Å². The molecule has 0 bridgehead atoms. The molecule has 6 heteroatoms. The summed E-state index contributed by atoms with van der Waals surface area (Å²) in [5, 5.41) is 12.1. The average molecular weight is 480 g/mol. The monoisotopic (exact) mass is 478 g/mol. The Balaban J connectivity index is 2.31. The second-order valence-electron chi connectivity index (χ2n) is 2.86. The van der Waals surface area contributed by atoms with Crippen molar-refractivity contribution in [3.63, 3.8) is 0 Å². The van der Waals surface area contributed by atoms with Gasteiger partial charge in [0.2, 0.25) is 0 Å². The lowest BCUT2D eigenvalue weighted by Gasteiger charge is -2.04. The summed E-state index contributed by atoms with van der Waals surface area (Å²) in [5.74, 6) is 0. The summed E-state index contributed by atoms with van der Waals surface area (Å²) >= 11 is 12.3. The van der Waals surface area contributed by atoms with Crippen LogP contribution in [-0.2, 0) is 0 Å². The number of aliphatic hydroxyl groups excluding tert-OH is 1. The van der Waals surface area contributed by atoms with Crippen molar-refractivity contribution < 1.29 is 5.11 Å². The fourth-order valence-electron chi connectivity index (χ4n) is 1.13. The minimum atomic E-state index is -0.516. The molecule has 1 unspecified atom stereocenters. The third kappa shape index (κ3) is 2.84. The first kappa shape index (κ1) is 12.5. The highest BCUT2D eigenvalue weighted by Crippen LogP contribution is 2.38. The number of thiophene rings is 2. The maximum absolute atomic E-state index is 10.1. The molecule has 0 saturated carbocycles. The van der Waals surface area contributed by atoms with Crippen LogP contribution in [0.25, 0.3) is 0 Å². The van der Waals surface area contributed by atoms with Gasteiger partial charge in [-0.25, -0.2) is 0 Å². The molecule has 0 radical (unpaired) electrons. The number of hydrogen-bond acceptors (Lipinski definition) is 3. The molecule has 0 fully saturated rings. The van der Waals surface area contributed by atoms with E-state index in [9.17, 15) is 5.11 Å². The topological polar surface area (TPSA) is 20.2 Å². The molecule has 0 aliphatic rings. The van der Waals surface area contributed by atoms with Crippen LogP contribution in [0, 0.1) is 2.88 Å². The second-order valence-corrected chi connectivity index (χ2v) is 8.92. The first-order chi connectivity index (χ1) is 7.08. The van der Waals surface area contributed by atoms with Crippen LogP contribution in [0.1, 0.15) is 16.5 Å². The minimum Gasteiger partial charge on any atom is -0.383 e.